The summed E-state index contributed by atoms with van der Waals surface area (Å²) in [6.07, 6.45) is 2.84. The molecule has 0 radical (unpaired) electrons. The van der Waals surface area contributed by atoms with Crippen molar-refractivity contribution in [1.29, 1.82) is 0 Å². The molecular formula is C18H30N6S. The largest absolute Gasteiger partial charge is 0.356 e. The fourth-order valence-electron chi connectivity index (χ4n) is 2.83. The van der Waals surface area contributed by atoms with Crippen LogP contribution in [0.3, 0.4) is 0 Å². The molecule has 0 aromatic carbocycles. The smallest absolute Gasteiger partial charge is 0.191 e. The fraction of sp³-hybridized carbons (Fsp3) is 0.611. The third-order valence-electron chi connectivity index (χ3n) is 4.35. The molecule has 0 saturated carbocycles. The normalized spacial score (nSPS) is 13.1. The van der Waals surface area contributed by atoms with Gasteiger partial charge < -0.3 is 10.6 Å². The Morgan fingerprint density at radius 2 is 2.16 bits per heavy atom. The van der Waals surface area contributed by atoms with Gasteiger partial charge in [-0.1, -0.05) is 6.92 Å². The Bertz CT molecular complexity index is 715. The van der Waals surface area contributed by atoms with Crippen LogP contribution in [0.1, 0.15) is 41.5 Å². The number of aliphatic imine (C=N–C) groups is 1. The maximum Gasteiger partial charge on any atom is 0.191 e. The van der Waals surface area contributed by atoms with Crippen molar-refractivity contribution < 1.29 is 0 Å². The van der Waals surface area contributed by atoms with Crippen LogP contribution in [0.5, 0.6) is 0 Å². The Morgan fingerprint density at radius 3 is 2.72 bits per heavy atom. The van der Waals surface area contributed by atoms with Crippen molar-refractivity contribution in [2.24, 2.45) is 12.0 Å². The second kappa shape index (κ2) is 8.99. The summed E-state index contributed by atoms with van der Waals surface area (Å²) in [4.78, 5) is 8.93. The summed E-state index contributed by atoms with van der Waals surface area (Å²) in [5.74, 6) is 0.831. The van der Waals surface area contributed by atoms with Crippen LogP contribution in [0.2, 0.25) is 0 Å². The number of nitrogens with one attached hydrogen (secondary N) is 2. The van der Waals surface area contributed by atoms with Gasteiger partial charge >= 0.3 is 0 Å². The molecule has 2 N–H and O–H groups in total. The summed E-state index contributed by atoms with van der Waals surface area (Å²) in [6.45, 7) is 9.32. The van der Waals surface area contributed by atoms with Crippen LogP contribution < -0.4 is 10.6 Å². The molecule has 0 aliphatic rings. The van der Waals surface area contributed by atoms with E-state index >= 15 is 0 Å². The first-order valence-corrected chi connectivity index (χ1v) is 9.72. The molecule has 7 heteroatoms. The van der Waals surface area contributed by atoms with E-state index in [1.165, 1.54) is 16.3 Å². The Morgan fingerprint density at radius 1 is 1.40 bits per heavy atom. The average molecular weight is 363 g/mol. The summed E-state index contributed by atoms with van der Waals surface area (Å²) in [7, 11) is 3.80. The highest BCUT2D eigenvalue weighted by molar-refractivity contribution is 7.09. The van der Waals surface area contributed by atoms with E-state index in [0.29, 0.717) is 0 Å². The molecule has 2 rings (SSSR count). The predicted molar refractivity (Wildman–Crippen MR) is 106 cm³/mol. The SMILES string of the molecule is CCc1nc(CCNC(=NC)NC(C)Cc2c(C)nn(C)c2C)cs1. The van der Waals surface area contributed by atoms with E-state index in [0.717, 1.165) is 43.2 Å². The lowest BCUT2D eigenvalue weighted by Gasteiger charge is -2.18. The predicted octanol–water partition coefficient (Wildman–Crippen LogP) is 2.39. The number of rotatable bonds is 7. The molecule has 0 amide bonds. The molecule has 0 aliphatic heterocycles. The van der Waals surface area contributed by atoms with Gasteiger partial charge in [-0.15, -0.1) is 11.3 Å². The van der Waals surface area contributed by atoms with Gasteiger partial charge in [0.15, 0.2) is 5.96 Å². The number of hydrogen-bond donors (Lipinski definition) is 2. The lowest BCUT2D eigenvalue weighted by atomic mass is 10.1. The van der Waals surface area contributed by atoms with Crippen LogP contribution >= 0.6 is 11.3 Å². The summed E-state index contributed by atoms with van der Waals surface area (Å²) in [5.41, 5.74) is 4.79. The number of hydrogen-bond acceptors (Lipinski definition) is 4. The van der Waals surface area contributed by atoms with Gasteiger partial charge in [0, 0.05) is 44.2 Å². The third kappa shape index (κ3) is 5.29. The second-order valence-corrected chi connectivity index (χ2v) is 7.30. The van der Waals surface area contributed by atoms with Gasteiger partial charge in [-0.3, -0.25) is 9.67 Å². The molecule has 0 spiro atoms. The maximum atomic E-state index is 4.60. The summed E-state index contributed by atoms with van der Waals surface area (Å²) >= 11 is 1.74. The van der Waals surface area contributed by atoms with E-state index in [9.17, 15) is 0 Å². The Kier molecular flexibility index (Phi) is 6.99. The zero-order valence-corrected chi connectivity index (χ0v) is 17.0. The van der Waals surface area contributed by atoms with E-state index in [4.69, 9.17) is 0 Å². The minimum absolute atomic E-state index is 0.277. The van der Waals surface area contributed by atoms with E-state index in [1.807, 2.05) is 11.7 Å². The van der Waals surface area contributed by atoms with Crippen molar-refractivity contribution in [3.63, 3.8) is 0 Å². The molecular weight excluding hydrogens is 332 g/mol. The van der Waals surface area contributed by atoms with E-state index < -0.39 is 0 Å². The second-order valence-electron chi connectivity index (χ2n) is 6.36. The molecule has 0 aliphatic carbocycles. The van der Waals surface area contributed by atoms with Gasteiger partial charge in [-0.25, -0.2) is 4.98 Å². The van der Waals surface area contributed by atoms with Crippen LogP contribution in [0.15, 0.2) is 10.4 Å². The molecule has 0 saturated heterocycles. The third-order valence-corrected chi connectivity index (χ3v) is 5.39. The van der Waals surface area contributed by atoms with Crippen molar-refractivity contribution in [2.45, 2.75) is 53.0 Å². The molecule has 25 heavy (non-hydrogen) atoms. The standard InChI is InChI=1S/C18H30N6S/c1-7-17-22-15(11-25-17)8-9-20-18(19-5)21-12(2)10-16-13(3)23-24(6)14(16)4/h11-12H,7-10H2,1-6H3,(H2,19,20,21). The van der Waals surface area contributed by atoms with Crippen LogP contribution in [-0.4, -0.2) is 40.4 Å². The Hall–Kier alpha value is -1.89. The van der Waals surface area contributed by atoms with Crippen LogP contribution in [0.25, 0.3) is 0 Å². The van der Waals surface area contributed by atoms with Crippen LogP contribution in [-0.2, 0) is 26.3 Å². The highest BCUT2D eigenvalue weighted by atomic mass is 32.1. The van der Waals surface area contributed by atoms with Gasteiger partial charge in [-0.2, -0.15) is 5.10 Å². The van der Waals surface area contributed by atoms with Crippen molar-refractivity contribution in [2.75, 3.05) is 13.6 Å². The molecule has 1 unspecified atom stereocenters. The van der Waals surface area contributed by atoms with Gasteiger partial charge in [0.2, 0.25) is 0 Å². The lowest BCUT2D eigenvalue weighted by molar-refractivity contribution is 0.634. The molecule has 0 bridgehead atoms. The quantitative estimate of drug-likeness (QED) is 0.586. The Balaban J connectivity index is 1.82. The molecule has 1 atom stereocenters. The van der Waals surface area contributed by atoms with Crippen LogP contribution in [0, 0.1) is 13.8 Å². The van der Waals surface area contributed by atoms with Crippen molar-refractivity contribution in [1.82, 2.24) is 25.4 Å². The van der Waals surface area contributed by atoms with Crippen LogP contribution in [0.4, 0.5) is 0 Å². The van der Waals surface area contributed by atoms with Gasteiger partial charge in [0.05, 0.1) is 16.4 Å². The van der Waals surface area contributed by atoms with Crippen molar-refractivity contribution in [3.8, 4) is 0 Å². The lowest BCUT2D eigenvalue weighted by Crippen LogP contribution is -2.43. The van der Waals surface area contributed by atoms with Gasteiger partial charge in [0.1, 0.15) is 0 Å². The monoisotopic (exact) mass is 362 g/mol. The van der Waals surface area contributed by atoms with Crippen molar-refractivity contribution in [3.05, 3.63) is 33.0 Å². The molecule has 2 aromatic rings. The number of nitrogens with zero attached hydrogens (tertiary/aromatic N) is 4. The minimum atomic E-state index is 0.277. The first-order valence-electron chi connectivity index (χ1n) is 8.84. The summed E-state index contributed by atoms with van der Waals surface area (Å²) in [5, 5.41) is 14.7. The van der Waals surface area contributed by atoms with E-state index in [2.05, 4.69) is 58.8 Å². The minimum Gasteiger partial charge on any atom is -0.356 e. The van der Waals surface area contributed by atoms with Gasteiger partial charge in [0.25, 0.3) is 0 Å². The number of thiazole rings is 1. The molecule has 0 fully saturated rings. The number of aryl methyl sites for hydroxylation is 3. The number of guanidine groups is 1. The molecule has 138 valence electrons. The zero-order valence-electron chi connectivity index (χ0n) is 16.2. The fourth-order valence-corrected chi connectivity index (χ4v) is 3.61. The first kappa shape index (κ1) is 19.4. The zero-order chi connectivity index (χ0) is 18.4. The highest BCUT2D eigenvalue weighted by Gasteiger charge is 2.14. The molecule has 6 nitrogen and oxygen atoms in total. The summed E-state index contributed by atoms with van der Waals surface area (Å²) in [6, 6.07) is 0.277. The highest BCUT2D eigenvalue weighted by Crippen LogP contribution is 2.14. The topological polar surface area (TPSA) is 67.1 Å². The number of aromatic nitrogens is 3. The summed E-state index contributed by atoms with van der Waals surface area (Å²) < 4.78 is 1.95. The van der Waals surface area contributed by atoms with E-state index in [-0.39, 0.29) is 6.04 Å². The van der Waals surface area contributed by atoms with Gasteiger partial charge in [-0.05, 0) is 39.2 Å². The molecule has 2 aromatic heterocycles. The van der Waals surface area contributed by atoms with Crippen molar-refractivity contribution >= 4 is 17.3 Å². The van der Waals surface area contributed by atoms with E-state index in [1.54, 1.807) is 18.4 Å². The molecule has 2 heterocycles. The Labute approximate surface area is 154 Å². The maximum absolute atomic E-state index is 4.60. The average Bonchev–Trinajstić information content (AvgIpc) is 3.14. The first-order chi connectivity index (χ1) is 11.9.